The third kappa shape index (κ3) is 11.1. The molecule has 0 saturated carbocycles. The Hall–Kier alpha value is -1.14. The van der Waals surface area contributed by atoms with Gasteiger partial charge in [-0.2, -0.15) is 0 Å². The Kier molecular flexibility index (Phi) is 10.6. The van der Waals surface area contributed by atoms with Crippen molar-refractivity contribution < 1.29 is 19.8 Å². The summed E-state index contributed by atoms with van der Waals surface area (Å²) >= 11 is 0. The number of carbonyl (C=O) groups excluding carboxylic acids is 2. The lowest BCUT2D eigenvalue weighted by atomic mass is 10.2. The summed E-state index contributed by atoms with van der Waals surface area (Å²) in [5, 5.41) is 22.3. The maximum Gasteiger partial charge on any atom is 0.222 e. The number of nitrogens with one attached hydrogen (secondary N) is 2. The first-order valence-corrected chi connectivity index (χ1v) is 5.95. The SMILES string of the molecule is O=C(CCO)NCCCCCNC(=O)CCO. The van der Waals surface area contributed by atoms with Gasteiger partial charge in [-0.15, -0.1) is 0 Å². The minimum Gasteiger partial charge on any atom is -0.396 e. The van der Waals surface area contributed by atoms with E-state index in [0.29, 0.717) is 13.1 Å². The zero-order chi connectivity index (χ0) is 12.9. The monoisotopic (exact) mass is 246 g/mol. The van der Waals surface area contributed by atoms with E-state index in [4.69, 9.17) is 10.2 Å². The van der Waals surface area contributed by atoms with E-state index in [1.807, 2.05) is 0 Å². The van der Waals surface area contributed by atoms with Gasteiger partial charge >= 0.3 is 0 Å². The third-order valence-electron chi connectivity index (χ3n) is 2.18. The molecule has 0 aromatic carbocycles. The molecular formula is C11H22N2O4. The number of hydrogen-bond acceptors (Lipinski definition) is 4. The quantitative estimate of drug-likeness (QED) is 0.377. The molecule has 0 aromatic heterocycles. The summed E-state index contributed by atoms with van der Waals surface area (Å²) in [4.78, 5) is 21.9. The molecule has 2 amide bonds. The lowest BCUT2D eigenvalue weighted by Crippen LogP contribution is -2.26. The van der Waals surface area contributed by atoms with Crippen LogP contribution in [0.25, 0.3) is 0 Å². The molecule has 0 aliphatic rings. The van der Waals surface area contributed by atoms with Crippen LogP contribution >= 0.6 is 0 Å². The Balaban J connectivity index is 3.18. The standard InChI is InChI=1S/C11H22N2O4/c14-8-4-10(16)12-6-2-1-3-7-13-11(17)5-9-15/h14-15H,1-9H2,(H,12,16)(H,13,17). The van der Waals surface area contributed by atoms with E-state index in [2.05, 4.69) is 10.6 Å². The largest absolute Gasteiger partial charge is 0.396 e. The first kappa shape index (κ1) is 15.9. The van der Waals surface area contributed by atoms with Crippen LogP contribution in [0.5, 0.6) is 0 Å². The van der Waals surface area contributed by atoms with E-state index in [-0.39, 0.29) is 37.9 Å². The van der Waals surface area contributed by atoms with Gasteiger partial charge in [0.25, 0.3) is 0 Å². The van der Waals surface area contributed by atoms with Gasteiger partial charge in [0.05, 0.1) is 13.2 Å². The van der Waals surface area contributed by atoms with Gasteiger partial charge in [-0.25, -0.2) is 0 Å². The molecule has 0 rings (SSSR count). The molecule has 4 N–H and O–H groups in total. The highest BCUT2D eigenvalue weighted by Gasteiger charge is 1.99. The fraction of sp³-hybridized carbons (Fsp3) is 0.818. The summed E-state index contributed by atoms with van der Waals surface area (Å²) in [5.74, 6) is -0.271. The van der Waals surface area contributed by atoms with Crippen LogP contribution in [0.4, 0.5) is 0 Å². The molecule has 0 saturated heterocycles. The summed E-state index contributed by atoms with van der Waals surface area (Å²) in [7, 11) is 0. The molecule has 100 valence electrons. The highest BCUT2D eigenvalue weighted by atomic mass is 16.3. The Labute approximate surface area is 101 Å². The van der Waals surface area contributed by atoms with Crippen molar-refractivity contribution in [3.8, 4) is 0 Å². The maximum absolute atomic E-state index is 10.9. The number of carbonyl (C=O) groups is 2. The molecule has 17 heavy (non-hydrogen) atoms. The van der Waals surface area contributed by atoms with Gasteiger partial charge in [0.1, 0.15) is 0 Å². The Morgan fingerprint density at radius 2 is 1.18 bits per heavy atom. The summed E-state index contributed by atoms with van der Waals surface area (Å²) in [6.07, 6.45) is 2.92. The van der Waals surface area contributed by atoms with Crippen molar-refractivity contribution in [2.24, 2.45) is 0 Å². The topological polar surface area (TPSA) is 98.7 Å². The first-order chi connectivity index (χ1) is 8.20. The molecule has 0 atom stereocenters. The van der Waals surface area contributed by atoms with Crippen LogP contribution in [0, 0.1) is 0 Å². The lowest BCUT2D eigenvalue weighted by molar-refractivity contribution is -0.122. The second-order valence-electron chi connectivity index (χ2n) is 3.71. The lowest BCUT2D eigenvalue weighted by Gasteiger charge is -2.05. The van der Waals surface area contributed by atoms with Gasteiger partial charge in [-0.05, 0) is 19.3 Å². The Morgan fingerprint density at radius 3 is 1.53 bits per heavy atom. The second kappa shape index (κ2) is 11.3. The first-order valence-electron chi connectivity index (χ1n) is 5.95. The number of hydrogen-bond donors (Lipinski definition) is 4. The zero-order valence-electron chi connectivity index (χ0n) is 10.1. The minimum absolute atomic E-state index is 0.122. The molecule has 0 bridgehead atoms. The number of unbranched alkanes of at least 4 members (excludes halogenated alkanes) is 2. The van der Waals surface area contributed by atoms with Gasteiger partial charge < -0.3 is 20.8 Å². The zero-order valence-corrected chi connectivity index (χ0v) is 10.1. The maximum atomic E-state index is 10.9. The Morgan fingerprint density at radius 1 is 0.765 bits per heavy atom. The predicted octanol–water partition coefficient (Wildman–Crippen LogP) is -0.846. The van der Waals surface area contributed by atoms with Crippen molar-refractivity contribution in [2.75, 3.05) is 26.3 Å². The van der Waals surface area contributed by atoms with Crippen molar-refractivity contribution in [2.45, 2.75) is 32.1 Å². The van der Waals surface area contributed by atoms with Crippen molar-refractivity contribution in [1.82, 2.24) is 10.6 Å². The van der Waals surface area contributed by atoms with Gasteiger partial charge in [-0.1, -0.05) is 0 Å². The molecule has 0 aliphatic heterocycles. The van der Waals surface area contributed by atoms with Crippen LogP contribution in [-0.2, 0) is 9.59 Å². The van der Waals surface area contributed by atoms with E-state index in [0.717, 1.165) is 19.3 Å². The van der Waals surface area contributed by atoms with Crippen LogP contribution in [0.1, 0.15) is 32.1 Å². The van der Waals surface area contributed by atoms with Crippen LogP contribution < -0.4 is 10.6 Å². The smallest absolute Gasteiger partial charge is 0.222 e. The Bertz CT molecular complexity index is 200. The normalized spacial score (nSPS) is 10.0. The summed E-state index contributed by atoms with van der Waals surface area (Å²) in [6, 6.07) is 0. The van der Waals surface area contributed by atoms with Crippen LogP contribution in [-0.4, -0.2) is 48.3 Å². The summed E-state index contributed by atoms with van der Waals surface area (Å²) in [5.41, 5.74) is 0. The average Bonchev–Trinajstić information content (AvgIpc) is 2.28. The predicted molar refractivity (Wildman–Crippen MR) is 63.3 cm³/mol. The molecule has 0 aromatic rings. The van der Waals surface area contributed by atoms with Crippen LogP contribution in [0.3, 0.4) is 0 Å². The van der Waals surface area contributed by atoms with Crippen molar-refractivity contribution in [1.29, 1.82) is 0 Å². The van der Waals surface area contributed by atoms with Gasteiger partial charge in [0, 0.05) is 25.9 Å². The second-order valence-corrected chi connectivity index (χ2v) is 3.71. The van der Waals surface area contributed by atoms with E-state index in [1.165, 1.54) is 0 Å². The van der Waals surface area contributed by atoms with E-state index >= 15 is 0 Å². The molecular weight excluding hydrogens is 224 g/mol. The van der Waals surface area contributed by atoms with Gasteiger partial charge in [-0.3, -0.25) is 9.59 Å². The van der Waals surface area contributed by atoms with Crippen molar-refractivity contribution in [3.05, 3.63) is 0 Å². The molecule has 0 fully saturated rings. The molecule has 6 nitrogen and oxygen atoms in total. The number of rotatable bonds is 10. The molecule has 0 unspecified atom stereocenters. The van der Waals surface area contributed by atoms with Crippen LogP contribution in [0.2, 0.25) is 0 Å². The van der Waals surface area contributed by atoms with E-state index in [1.54, 1.807) is 0 Å². The number of amides is 2. The van der Waals surface area contributed by atoms with E-state index < -0.39 is 0 Å². The highest BCUT2D eigenvalue weighted by molar-refractivity contribution is 5.76. The molecule has 6 heteroatoms. The van der Waals surface area contributed by atoms with Gasteiger partial charge in [0.15, 0.2) is 0 Å². The average molecular weight is 246 g/mol. The third-order valence-corrected chi connectivity index (χ3v) is 2.18. The van der Waals surface area contributed by atoms with Gasteiger partial charge in [0.2, 0.25) is 11.8 Å². The van der Waals surface area contributed by atoms with Crippen molar-refractivity contribution >= 4 is 11.8 Å². The highest BCUT2D eigenvalue weighted by Crippen LogP contribution is 1.93. The summed E-state index contributed by atoms with van der Waals surface area (Å²) < 4.78 is 0. The fourth-order valence-corrected chi connectivity index (χ4v) is 1.26. The van der Waals surface area contributed by atoms with Crippen LogP contribution in [0.15, 0.2) is 0 Å². The fourth-order valence-electron chi connectivity index (χ4n) is 1.26. The molecule has 0 heterocycles. The number of aliphatic hydroxyl groups excluding tert-OH is 2. The molecule has 0 aliphatic carbocycles. The molecule has 0 radical (unpaired) electrons. The van der Waals surface area contributed by atoms with Crippen molar-refractivity contribution in [3.63, 3.8) is 0 Å². The summed E-state index contributed by atoms with van der Waals surface area (Å²) in [6.45, 7) is 0.957. The minimum atomic E-state index is -0.135. The number of aliphatic hydroxyl groups is 2. The molecule has 0 spiro atoms. The van der Waals surface area contributed by atoms with E-state index in [9.17, 15) is 9.59 Å².